The van der Waals surface area contributed by atoms with Gasteiger partial charge in [0.15, 0.2) is 6.10 Å². The maximum Gasteiger partial charge on any atom is 0.184 e. The fraction of sp³-hybridized carbons (Fsp3) is 0.238. The number of pyridine rings is 1. The minimum Gasteiger partial charge on any atom is -0.476 e. The minimum atomic E-state index is -0.407. The number of nitriles is 1. The number of anilines is 1. The first-order valence-electron chi connectivity index (χ1n) is 8.44. The molecule has 0 aliphatic carbocycles. The number of aromatic nitrogens is 1. The van der Waals surface area contributed by atoms with Crippen LogP contribution in [0.15, 0.2) is 54.7 Å². The summed E-state index contributed by atoms with van der Waals surface area (Å²) in [5, 5.41) is 13.6. The van der Waals surface area contributed by atoms with Gasteiger partial charge in [0.2, 0.25) is 0 Å². The van der Waals surface area contributed by atoms with Gasteiger partial charge in [0, 0.05) is 23.8 Å². The first-order valence-corrected chi connectivity index (χ1v) is 8.44. The number of nitrogens with zero attached hydrogens (tertiary/aromatic N) is 2. The lowest BCUT2D eigenvalue weighted by molar-refractivity contribution is 0.251. The molecule has 1 N–H and O–H groups in total. The van der Waals surface area contributed by atoms with Crippen LogP contribution in [0.2, 0.25) is 0 Å². The summed E-state index contributed by atoms with van der Waals surface area (Å²) in [7, 11) is 0. The topological polar surface area (TPSA) is 57.9 Å². The third-order valence-electron chi connectivity index (χ3n) is 4.15. The second kappa shape index (κ2) is 7.67. The number of hydrogen-bond donors (Lipinski definition) is 1. The number of para-hydroxylation sites is 1. The Bertz CT molecular complexity index is 914. The molecule has 1 aromatic heterocycles. The predicted molar refractivity (Wildman–Crippen MR) is 101 cm³/mol. The molecule has 0 radical (unpaired) electrons. The van der Waals surface area contributed by atoms with Crippen LogP contribution in [0.25, 0.3) is 10.9 Å². The van der Waals surface area contributed by atoms with Gasteiger partial charge < -0.3 is 10.1 Å². The van der Waals surface area contributed by atoms with Crippen molar-refractivity contribution in [3.8, 4) is 11.8 Å². The van der Waals surface area contributed by atoms with Crippen molar-refractivity contribution in [3.63, 3.8) is 0 Å². The van der Waals surface area contributed by atoms with E-state index in [0.29, 0.717) is 13.0 Å². The van der Waals surface area contributed by atoms with E-state index in [0.717, 1.165) is 27.9 Å². The molecule has 1 atom stereocenters. The number of aryl methyl sites for hydroxylation is 1. The van der Waals surface area contributed by atoms with E-state index in [1.54, 1.807) is 0 Å². The number of nitrogens with one attached hydrogen (secondary N) is 1. The first kappa shape index (κ1) is 16.8. The molecule has 0 amide bonds. The van der Waals surface area contributed by atoms with Crippen molar-refractivity contribution in [3.05, 3.63) is 65.9 Å². The van der Waals surface area contributed by atoms with Gasteiger partial charge in [-0.2, -0.15) is 5.26 Å². The molecule has 1 unspecified atom stereocenters. The molecule has 3 rings (SSSR count). The monoisotopic (exact) mass is 331 g/mol. The molecule has 0 aliphatic rings. The molecule has 0 fully saturated rings. The summed E-state index contributed by atoms with van der Waals surface area (Å²) >= 11 is 0. The van der Waals surface area contributed by atoms with Crippen molar-refractivity contribution in [2.24, 2.45) is 0 Å². The van der Waals surface area contributed by atoms with Crippen LogP contribution in [0.3, 0.4) is 0 Å². The minimum absolute atomic E-state index is 0.407. The van der Waals surface area contributed by atoms with Gasteiger partial charge in [0.05, 0.1) is 5.52 Å². The Balaban J connectivity index is 1.76. The Morgan fingerprint density at radius 1 is 1.20 bits per heavy atom. The van der Waals surface area contributed by atoms with Crippen molar-refractivity contribution in [1.29, 1.82) is 5.26 Å². The van der Waals surface area contributed by atoms with E-state index in [4.69, 9.17) is 10.00 Å². The van der Waals surface area contributed by atoms with Gasteiger partial charge in [0.1, 0.15) is 11.8 Å². The fourth-order valence-electron chi connectivity index (χ4n) is 2.77. The second-order valence-electron chi connectivity index (χ2n) is 5.97. The molecule has 0 saturated carbocycles. The van der Waals surface area contributed by atoms with Crippen LogP contribution < -0.4 is 10.1 Å². The molecule has 0 saturated heterocycles. The number of fused-ring (bicyclic) bond motifs is 1. The van der Waals surface area contributed by atoms with Crippen LogP contribution in [-0.4, -0.2) is 11.1 Å². The highest BCUT2D eigenvalue weighted by Crippen LogP contribution is 2.24. The average Bonchev–Trinajstić information content (AvgIpc) is 2.65. The Morgan fingerprint density at radius 3 is 2.84 bits per heavy atom. The standard InChI is InChI=1S/C21H21N3O/c1-3-17(13-22)25-18-8-5-7-16(12-18)14-24-20-10-11-23-21-15(2)6-4-9-19(20)21/h4-12,17H,3,14H2,1-2H3,(H,23,24). The van der Waals surface area contributed by atoms with Gasteiger partial charge in [-0.15, -0.1) is 0 Å². The SMILES string of the molecule is CCC(C#N)Oc1cccc(CNc2ccnc3c(C)cccc23)c1. The van der Waals surface area contributed by atoms with Crippen LogP contribution in [0.4, 0.5) is 5.69 Å². The van der Waals surface area contributed by atoms with Gasteiger partial charge in [-0.3, -0.25) is 4.98 Å². The maximum absolute atomic E-state index is 9.04. The molecule has 4 nitrogen and oxygen atoms in total. The van der Waals surface area contributed by atoms with Crippen LogP contribution in [-0.2, 0) is 6.54 Å². The molecule has 25 heavy (non-hydrogen) atoms. The lowest BCUT2D eigenvalue weighted by Gasteiger charge is -2.13. The van der Waals surface area contributed by atoms with Gasteiger partial charge in [-0.25, -0.2) is 0 Å². The molecule has 0 spiro atoms. The van der Waals surface area contributed by atoms with E-state index < -0.39 is 6.10 Å². The van der Waals surface area contributed by atoms with Crippen LogP contribution in [0.5, 0.6) is 5.75 Å². The zero-order valence-electron chi connectivity index (χ0n) is 14.5. The highest BCUT2D eigenvalue weighted by Gasteiger charge is 2.07. The van der Waals surface area contributed by atoms with Gasteiger partial charge in [-0.05, 0) is 42.7 Å². The highest BCUT2D eigenvalue weighted by molar-refractivity contribution is 5.92. The summed E-state index contributed by atoms with van der Waals surface area (Å²) in [5.41, 5.74) is 4.34. The summed E-state index contributed by atoms with van der Waals surface area (Å²) < 4.78 is 5.69. The highest BCUT2D eigenvalue weighted by atomic mass is 16.5. The third-order valence-corrected chi connectivity index (χ3v) is 4.15. The lowest BCUT2D eigenvalue weighted by atomic mass is 10.1. The zero-order valence-corrected chi connectivity index (χ0v) is 14.5. The Morgan fingerprint density at radius 2 is 2.04 bits per heavy atom. The number of rotatable bonds is 6. The molecule has 0 bridgehead atoms. The van der Waals surface area contributed by atoms with Gasteiger partial charge in [-0.1, -0.05) is 37.3 Å². The molecule has 0 aliphatic heterocycles. The molecule has 1 heterocycles. The molecular weight excluding hydrogens is 310 g/mol. The summed E-state index contributed by atoms with van der Waals surface area (Å²) in [4.78, 5) is 4.47. The molecule has 4 heteroatoms. The summed E-state index contributed by atoms with van der Waals surface area (Å²) in [6, 6.07) is 18.2. The normalized spacial score (nSPS) is 11.7. The van der Waals surface area contributed by atoms with Crippen LogP contribution in [0.1, 0.15) is 24.5 Å². The van der Waals surface area contributed by atoms with E-state index in [1.807, 2.05) is 49.5 Å². The van der Waals surface area contributed by atoms with Crippen LogP contribution in [0, 0.1) is 18.3 Å². The van der Waals surface area contributed by atoms with Crippen molar-refractivity contribution < 1.29 is 4.74 Å². The Labute approximate surface area is 148 Å². The number of hydrogen-bond acceptors (Lipinski definition) is 4. The number of benzene rings is 2. The maximum atomic E-state index is 9.04. The second-order valence-corrected chi connectivity index (χ2v) is 5.97. The summed E-state index contributed by atoms with van der Waals surface area (Å²) in [6.07, 6.45) is 2.09. The van der Waals surface area contributed by atoms with Gasteiger partial charge in [0.25, 0.3) is 0 Å². The predicted octanol–water partition coefficient (Wildman–Crippen LogP) is 4.84. The lowest BCUT2D eigenvalue weighted by Crippen LogP contribution is -2.12. The molecular formula is C21H21N3O. The van der Waals surface area contributed by atoms with Crippen molar-refractivity contribution in [2.45, 2.75) is 32.9 Å². The molecule has 126 valence electrons. The Hall–Kier alpha value is -3.06. The van der Waals surface area contributed by atoms with Crippen LogP contribution >= 0.6 is 0 Å². The first-order chi connectivity index (χ1) is 12.2. The summed E-state index contributed by atoms with van der Waals surface area (Å²) in [6.45, 7) is 4.68. The van der Waals surface area contributed by atoms with E-state index >= 15 is 0 Å². The largest absolute Gasteiger partial charge is 0.476 e. The van der Waals surface area contributed by atoms with E-state index in [9.17, 15) is 0 Å². The van der Waals surface area contributed by atoms with Gasteiger partial charge >= 0.3 is 0 Å². The van der Waals surface area contributed by atoms with E-state index in [1.165, 1.54) is 5.56 Å². The van der Waals surface area contributed by atoms with Crippen molar-refractivity contribution >= 4 is 16.6 Å². The van der Waals surface area contributed by atoms with Crippen molar-refractivity contribution in [1.82, 2.24) is 4.98 Å². The number of ether oxygens (including phenoxy) is 1. The molecule has 3 aromatic rings. The van der Waals surface area contributed by atoms with E-state index in [-0.39, 0.29) is 0 Å². The quantitative estimate of drug-likeness (QED) is 0.702. The third kappa shape index (κ3) is 3.89. The van der Waals surface area contributed by atoms with E-state index in [2.05, 4.69) is 35.4 Å². The Kier molecular flexibility index (Phi) is 5.15. The van der Waals surface area contributed by atoms with Crippen molar-refractivity contribution in [2.75, 3.05) is 5.32 Å². The smallest absolute Gasteiger partial charge is 0.184 e. The summed E-state index contributed by atoms with van der Waals surface area (Å²) in [5.74, 6) is 0.725. The fourth-order valence-corrected chi connectivity index (χ4v) is 2.77. The zero-order chi connectivity index (χ0) is 17.6. The molecule has 2 aromatic carbocycles. The average molecular weight is 331 g/mol.